The van der Waals surface area contributed by atoms with Gasteiger partial charge in [0.25, 0.3) is 0 Å². The van der Waals surface area contributed by atoms with E-state index in [4.69, 9.17) is 0 Å². The van der Waals surface area contributed by atoms with Gasteiger partial charge >= 0.3 is 0 Å². The number of sulfonamides is 1. The first-order valence-corrected chi connectivity index (χ1v) is 8.97. The van der Waals surface area contributed by atoms with Crippen LogP contribution in [0, 0.1) is 0 Å². The predicted octanol–water partition coefficient (Wildman–Crippen LogP) is 0.447. The summed E-state index contributed by atoms with van der Waals surface area (Å²) in [7, 11) is -2.13. The molecule has 24 heavy (non-hydrogen) atoms. The van der Waals surface area contributed by atoms with E-state index in [-0.39, 0.29) is 11.4 Å². The number of carbonyl (C=O) groups is 1. The number of benzene rings is 1. The Bertz CT molecular complexity index is 801. The summed E-state index contributed by atoms with van der Waals surface area (Å²) in [6, 6.07) is 7.38. The summed E-state index contributed by atoms with van der Waals surface area (Å²) in [5.41, 5.74) is 1.65. The fourth-order valence-corrected chi connectivity index (χ4v) is 2.98. The van der Waals surface area contributed by atoms with E-state index in [1.165, 1.54) is 17.1 Å². The van der Waals surface area contributed by atoms with Crippen LogP contribution in [-0.2, 0) is 28.4 Å². The van der Waals surface area contributed by atoms with Crippen molar-refractivity contribution in [2.45, 2.75) is 18.4 Å². The van der Waals surface area contributed by atoms with Crippen molar-refractivity contribution in [2.24, 2.45) is 7.05 Å². The largest absolute Gasteiger partial charge is 0.325 e. The van der Waals surface area contributed by atoms with Gasteiger partial charge in [0.2, 0.25) is 15.9 Å². The number of rotatable bonds is 8. The number of nitrogens with one attached hydrogen (secondary N) is 3. The highest BCUT2D eigenvalue weighted by Gasteiger charge is 2.17. The molecule has 0 aliphatic heterocycles. The van der Waals surface area contributed by atoms with Gasteiger partial charge in [-0.1, -0.05) is 19.1 Å². The summed E-state index contributed by atoms with van der Waals surface area (Å²) >= 11 is 0. The number of amides is 1. The summed E-state index contributed by atoms with van der Waals surface area (Å²) < 4.78 is 27.7. The van der Waals surface area contributed by atoms with E-state index in [9.17, 15) is 13.2 Å². The van der Waals surface area contributed by atoms with Crippen molar-refractivity contribution in [1.29, 1.82) is 0 Å². The third kappa shape index (κ3) is 5.15. The maximum Gasteiger partial charge on any atom is 0.244 e. The molecule has 0 saturated carbocycles. The first-order chi connectivity index (χ1) is 11.4. The third-order valence-corrected chi connectivity index (χ3v) is 4.56. The number of nitrogens with zero attached hydrogens (tertiary/aromatic N) is 2. The van der Waals surface area contributed by atoms with E-state index in [1.54, 1.807) is 13.1 Å². The molecule has 0 bridgehead atoms. The topological polar surface area (TPSA) is 105 Å². The Kier molecular flexibility index (Phi) is 6.07. The molecule has 1 heterocycles. The van der Waals surface area contributed by atoms with E-state index in [0.29, 0.717) is 12.2 Å². The molecule has 0 aliphatic rings. The summed E-state index contributed by atoms with van der Waals surface area (Å²) in [5.74, 6) is -0.442. The summed E-state index contributed by atoms with van der Waals surface area (Å²) in [4.78, 5) is 12.0. The lowest BCUT2D eigenvalue weighted by molar-refractivity contribution is -0.115. The third-order valence-electron chi connectivity index (χ3n) is 3.20. The van der Waals surface area contributed by atoms with Gasteiger partial charge in [0.1, 0.15) is 4.90 Å². The second kappa shape index (κ2) is 8.04. The Morgan fingerprint density at radius 2 is 2.12 bits per heavy atom. The molecule has 9 heteroatoms. The van der Waals surface area contributed by atoms with Gasteiger partial charge in [0.15, 0.2) is 0 Å². The van der Waals surface area contributed by atoms with Gasteiger partial charge in [0.05, 0.1) is 12.7 Å². The molecule has 0 unspecified atom stereocenters. The van der Waals surface area contributed by atoms with Crippen LogP contribution in [0.4, 0.5) is 5.69 Å². The highest BCUT2D eigenvalue weighted by atomic mass is 32.2. The molecule has 1 aromatic heterocycles. The fourth-order valence-electron chi connectivity index (χ4n) is 2.02. The van der Waals surface area contributed by atoms with Crippen molar-refractivity contribution in [3.05, 3.63) is 42.2 Å². The van der Waals surface area contributed by atoms with Gasteiger partial charge < -0.3 is 10.6 Å². The molecule has 130 valence electrons. The quantitative estimate of drug-likeness (QED) is 0.640. The van der Waals surface area contributed by atoms with E-state index < -0.39 is 15.9 Å². The molecule has 1 amide bonds. The minimum atomic E-state index is -3.75. The minimum Gasteiger partial charge on any atom is -0.325 e. The van der Waals surface area contributed by atoms with Crippen molar-refractivity contribution in [3.8, 4) is 0 Å². The standard InChI is InChI=1S/C15H21N5O3S/c1-3-16-8-12-5-4-6-13(7-12)19-15(21)10-18-24(22,23)14-9-17-20(2)11-14/h4-7,9,11,16,18H,3,8,10H2,1-2H3,(H,19,21). The monoisotopic (exact) mass is 351 g/mol. The molecular weight excluding hydrogens is 330 g/mol. The van der Waals surface area contributed by atoms with Crippen LogP contribution in [-0.4, -0.2) is 37.2 Å². The summed E-state index contributed by atoms with van der Waals surface area (Å²) in [6.45, 7) is 3.22. The normalized spacial score (nSPS) is 11.4. The van der Waals surface area contributed by atoms with Crippen LogP contribution in [0.15, 0.2) is 41.6 Å². The Balaban J connectivity index is 1.91. The molecule has 0 aliphatic carbocycles. The van der Waals surface area contributed by atoms with Gasteiger partial charge in [-0.2, -0.15) is 5.10 Å². The second-order valence-corrected chi connectivity index (χ2v) is 6.97. The zero-order valence-electron chi connectivity index (χ0n) is 13.6. The number of hydrogen-bond acceptors (Lipinski definition) is 5. The number of aryl methyl sites for hydroxylation is 1. The van der Waals surface area contributed by atoms with Gasteiger partial charge in [-0.3, -0.25) is 9.48 Å². The van der Waals surface area contributed by atoms with E-state index >= 15 is 0 Å². The highest BCUT2D eigenvalue weighted by Crippen LogP contribution is 2.10. The zero-order valence-corrected chi connectivity index (χ0v) is 14.4. The molecule has 1 aromatic carbocycles. The zero-order chi connectivity index (χ0) is 17.6. The van der Waals surface area contributed by atoms with Crippen LogP contribution in [0.1, 0.15) is 12.5 Å². The van der Waals surface area contributed by atoms with E-state index in [1.807, 2.05) is 25.1 Å². The van der Waals surface area contributed by atoms with E-state index in [0.717, 1.165) is 12.1 Å². The van der Waals surface area contributed by atoms with Crippen LogP contribution in [0.3, 0.4) is 0 Å². The molecule has 0 saturated heterocycles. The van der Waals surface area contributed by atoms with Crippen molar-refractivity contribution in [1.82, 2.24) is 19.8 Å². The Labute approximate surface area is 141 Å². The predicted molar refractivity (Wildman–Crippen MR) is 90.8 cm³/mol. The van der Waals surface area contributed by atoms with Crippen LogP contribution in [0.5, 0.6) is 0 Å². The lowest BCUT2D eigenvalue weighted by atomic mass is 10.2. The summed E-state index contributed by atoms with van der Waals surface area (Å²) in [5, 5.41) is 9.67. The van der Waals surface area contributed by atoms with Crippen LogP contribution in [0.25, 0.3) is 0 Å². The molecule has 0 spiro atoms. The Hall–Kier alpha value is -2.23. The molecule has 2 aromatic rings. The minimum absolute atomic E-state index is 0.0189. The number of hydrogen-bond donors (Lipinski definition) is 3. The van der Waals surface area contributed by atoms with Gasteiger partial charge in [-0.05, 0) is 24.2 Å². The first kappa shape index (κ1) is 18.1. The maximum atomic E-state index is 12.0. The average Bonchev–Trinajstić information content (AvgIpc) is 2.99. The van der Waals surface area contributed by atoms with Gasteiger partial charge in [-0.25, -0.2) is 13.1 Å². The number of anilines is 1. The number of aromatic nitrogens is 2. The molecule has 2 rings (SSSR count). The first-order valence-electron chi connectivity index (χ1n) is 7.48. The van der Waals surface area contributed by atoms with Crippen molar-refractivity contribution >= 4 is 21.6 Å². The molecule has 0 atom stereocenters. The molecule has 8 nitrogen and oxygen atoms in total. The summed E-state index contributed by atoms with van der Waals surface area (Å²) in [6.07, 6.45) is 2.59. The second-order valence-electron chi connectivity index (χ2n) is 5.20. The van der Waals surface area contributed by atoms with Crippen molar-refractivity contribution < 1.29 is 13.2 Å². The average molecular weight is 351 g/mol. The van der Waals surface area contributed by atoms with E-state index in [2.05, 4.69) is 20.5 Å². The van der Waals surface area contributed by atoms with Gasteiger partial charge in [-0.15, -0.1) is 0 Å². The SMILES string of the molecule is CCNCc1cccc(NC(=O)CNS(=O)(=O)c2cnn(C)c2)c1. The molecular formula is C15H21N5O3S. The molecule has 0 radical (unpaired) electrons. The fraction of sp³-hybridized carbons (Fsp3) is 0.333. The van der Waals surface area contributed by atoms with Crippen LogP contribution in [0.2, 0.25) is 0 Å². The Morgan fingerprint density at radius 3 is 2.79 bits per heavy atom. The maximum absolute atomic E-state index is 12.0. The molecule has 3 N–H and O–H groups in total. The number of carbonyl (C=O) groups excluding carboxylic acids is 1. The van der Waals surface area contributed by atoms with Crippen molar-refractivity contribution in [3.63, 3.8) is 0 Å². The van der Waals surface area contributed by atoms with Gasteiger partial charge in [0, 0.05) is 25.5 Å². The highest BCUT2D eigenvalue weighted by molar-refractivity contribution is 7.89. The lowest BCUT2D eigenvalue weighted by Gasteiger charge is -2.08. The van der Waals surface area contributed by atoms with Crippen LogP contribution < -0.4 is 15.4 Å². The smallest absolute Gasteiger partial charge is 0.244 e. The lowest BCUT2D eigenvalue weighted by Crippen LogP contribution is -2.32. The van der Waals surface area contributed by atoms with Crippen molar-refractivity contribution in [2.75, 3.05) is 18.4 Å². The molecule has 0 fully saturated rings. The Morgan fingerprint density at radius 1 is 1.33 bits per heavy atom. The van der Waals surface area contributed by atoms with Crippen LogP contribution >= 0.6 is 0 Å².